The van der Waals surface area contributed by atoms with Crippen LogP contribution < -0.4 is 0 Å². The van der Waals surface area contributed by atoms with Crippen LogP contribution in [0.2, 0.25) is 0 Å². The van der Waals surface area contributed by atoms with Gasteiger partial charge < -0.3 is 14.9 Å². The van der Waals surface area contributed by atoms with E-state index in [1.165, 1.54) is 16.7 Å². The number of carboxylic acids is 1. The van der Waals surface area contributed by atoms with Gasteiger partial charge in [-0.2, -0.15) is 0 Å². The highest BCUT2D eigenvalue weighted by Crippen LogP contribution is 2.13. The van der Waals surface area contributed by atoms with E-state index in [9.17, 15) is 14.4 Å². The van der Waals surface area contributed by atoms with Gasteiger partial charge in [-0.1, -0.05) is 6.92 Å². The SMILES string of the molecule is CC[C@@H](C(=O)O)N(CN1CCCC1=O)C(C)=O. The number of rotatable bonds is 5. The maximum absolute atomic E-state index is 11.5. The van der Waals surface area contributed by atoms with E-state index < -0.39 is 12.0 Å². The minimum atomic E-state index is -1.03. The first kappa shape index (κ1) is 13.5. The zero-order chi connectivity index (χ0) is 13.0. The molecule has 1 heterocycles. The Kier molecular flexibility index (Phi) is 4.48. The summed E-state index contributed by atoms with van der Waals surface area (Å²) in [6.07, 6.45) is 1.58. The normalized spacial score (nSPS) is 17.1. The van der Waals surface area contributed by atoms with Crippen LogP contribution in [0.15, 0.2) is 0 Å². The maximum atomic E-state index is 11.5. The molecule has 1 aliphatic heterocycles. The lowest BCUT2D eigenvalue weighted by atomic mass is 10.2. The summed E-state index contributed by atoms with van der Waals surface area (Å²) < 4.78 is 0. The number of nitrogens with zero attached hydrogens (tertiary/aromatic N) is 2. The first-order valence-corrected chi connectivity index (χ1v) is 5.75. The van der Waals surface area contributed by atoms with Crippen LogP contribution in [0.1, 0.15) is 33.1 Å². The van der Waals surface area contributed by atoms with E-state index in [2.05, 4.69) is 0 Å². The number of carbonyl (C=O) groups excluding carboxylic acids is 2. The predicted molar refractivity (Wildman–Crippen MR) is 60.0 cm³/mol. The second-order valence-corrected chi connectivity index (χ2v) is 4.15. The molecule has 2 amide bonds. The van der Waals surface area contributed by atoms with Gasteiger partial charge in [-0.25, -0.2) is 4.79 Å². The second kappa shape index (κ2) is 5.65. The molecule has 0 aromatic heterocycles. The molecule has 1 saturated heterocycles. The topological polar surface area (TPSA) is 77.9 Å². The van der Waals surface area contributed by atoms with E-state index >= 15 is 0 Å². The molecule has 96 valence electrons. The lowest BCUT2D eigenvalue weighted by molar-refractivity contribution is -0.153. The zero-order valence-corrected chi connectivity index (χ0v) is 10.2. The summed E-state index contributed by atoms with van der Waals surface area (Å²) in [6.45, 7) is 3.71. The van der Waals surface area contributed by atoms with Gasteiger partial charge in [0.2, 0.25) is 11.8 Å². The van der Waals surface area contributed by atoms with Crippen molar-refractivity contribution in [2.75, 3.05) is 13.2 Å². The fourth-order valence-corrected chi connectivity index (χ4v) is 1.98. The average molecular weight is 242 g/mol. The van der Waals surface area contributed by atoms with Crippen LogP contribution in [0, 0.1) is 0 Å². The third-order valence-corrected chi connectivity index (χ3v) is 2.95. The highest BCUT2D eigenvalue weighted by atomic mass is 16.4. The molecule has 1 rings (SSSR count). The summed E-state index contributed by atoms with van der Waals surface area (Å²) in [5, 5.41) is 9.04. The van der Waals surface area contributed by atoms with Gasteiger partial charge in [-0.15, -0.1) is 0 Å². The van der Waals surface area contributed by atoms with E-state index in [1.807, 2.05) is 0 Å². The number of aliphatic carboxylic acids is 1. The molecule has 17 heavy (non-hydrogen) atoms. The fourth-order valence-electron chi connectivity index (χ4n) is 1.98. The van der Waals surface area contributed by atoms with Gasteiger partial charge in [-0.05, 0) is 12.8 Å². The van der Waals surface area contributed by atoms with Gasteiger partial charge >= 0.3 is 5.97 Å². The Morgan fingerprint density at radius 2 is 2.18 bits per heavy atom. The van der Waals surface area contributed by atoms with Crippen LogP contribution in [0.25, 0.3) is 0 Å². The summed E-state index contributed by atoms with van der Waals surface area (Å²) in [5.74, 6) is -1.37. The van der Waals surface area contributed by atoms with Gasteiger partial charge in [0.1, 0.15) is 6.04 Å². The fraction of sp³-hybridized carbons (Fsp3) is 0.727. The quantitative estimate of drug-likeness (QED) is 0.751. The van der Waals surface area contributed by atoms with Crippen molar-refractivity contribution >= 4 is 17.8 Å². The van der Waals surface area contributed by atoms with Gasteiger partial charge in [-0.3, -0.25) is 9.59 Å². The predicted octanol–water partition coefficient (Wildman–Crippen LogP) is 0.278. The molecule has 0 aliphatic carbocycles. The van der Waals surface area contributed by atoms with Crippen LogP contribution in [-0.4, -0.2) is 51.9 Å². The Labute approximate surface area is 100 Å². The monoisotopic (exact) mass is 242 g/mol. The highest BCUT2D eigenvalue weighted by Gasteiger charge is 2.30. The molecule has 0 aromatic carbocycles. The zero-order valence-electron chi connectivity index (χ0n) is 10.2. The van der Waals surface area contributed by atoms with E-state index in [-0.39, 0.29) is 18.5 Å². The lowest BCUT2D eigenvalue weighted by Gasteiger charge is -2.31. The smallest absolute Gasteiger partial charge is 0.326 e. The van der Waals surface area contributed by atoms with Crippen molar-refractivity contribution < 1.29 is 19.5 Å². The van der Waals surface area contributed by atoms with Crippen molar-refractivity contribution in [2.24, 2.45) is 0 Å². The number of carbonyl (C=O) groups is 3. The molecule has 1 fully saturated rings. The van der Waals surface area contributed by atoms with Crippen LogP contribution in [0.3, 0.4) is 0 Å². The molecule has 1 N–H and O–H groups in total. The van der Waals surface area contributed by atoms with Gasteiger partial charge in [0.25, 0.3) is 0 Å². The Bertz CT molecular complexity index is 329. The average Bonchev–Trinajstić information content (AvgIpc) is 2.63. The molecule has 0 spiro atoms. The van der Waals surface area contributed by atoms with Crippen molar-refractivity contribution in [3.8, 4) is 0 Å². The van der Waals surface area contributed by atoms with E-state index in [4.69, 9.17) is 5.11 Å². The Morgan fingerprint density at radius 3 is 2.53 bits per heavy atom. The molecular weight excluding hydrogens is 224 g/mol. The molecule has 1 aliphatic rings. The van der Waals surface area contributed by atoms with Crippen molar-refractivity contribution in [2.45, 2.75) is 39.2 Å². The van der Waals surface area contributed by atoms with Crippen molar-refractivity contribution in [1.29, 1.82) is 0 Å². The van der Waals surface area contributed by atoms with Crippen molar-refractivity contribution in [1.82, 2.24) is 9.80 Å². The number of hydrogen-bond donors (Lipinski definition) is 1. The molecule has 0 saturated carbocycles. The second-order valence-electron chi connectivity index (χ2n) is 4.15. The third kappa shape index (κ3) is 3.18. The maximum Gasteiger partial charge on any atom is 0.326 e. The Hall–Kier alpha value is -1.59. The number of hydrogen-bond acceptors (Lipinski definition) is 3. The number of amides is 2. The number of carboxylic acid groups (broad SMARTS) is 1. The van der Waals surface area contributed by atoms with Crippen LogP contribution in [0.5, 0.6) is 0 Å². The first-order valence-electron chi connectivity index (χ1n) is 5.75. The summed E-state index contributed by atoms with van der Waals surface area (Å²) in [5.41, 5.74) is 0. The summed E-state index contributed by atoms with van der Waals surface area (Å²) in [4.78, 5) is 36.7. The molecule has 6 heteroatoms. The van der Waals surface area contributed by atoms with E-state index in [0.29, 0.717) is 19.4 Å². The van der Waals surface area contributed by atoms with Gasteiger partial charge in [0, 0.05) is 19.9 Å². The largest absolute Gasteiger partial charge is 0.480 e. The molecule has 0 aromatic rings. The van der Waals surface area contributed by atoms with Crippen LogP contribution >= 0.6 is 0 Å². The Morgan fingerprint density at radius 1 is 1.53 bits per heavy atom. The first-order chi connectivity index (χ1) is 7.97. The molecule has 1 atom stereocenters. The molecule has 0 radical (unpaired) electrons. The standard InChI is InChI=1S/C11H18N2O4/c1-3-9(11(16)17)13(8(2)14)7-12-6-4-5-10(12)15/h9H,3-7H2,1-2H3,(H,16,17)/t9-/m0/s1. The van der Waals surface area contributed by atoms with Crippen molar-refractivity contribution in [3.63, 3.8) is 0 Å². The van der Waals surface area contributed by atoms with E-state index in [1.54, 1.807) is 6.92 Å². The molecule has 0 unspecified atom stereocenters. The summed E-state index contributed by atoms with van der Waals surface area (Å²) >= 11 is 0. The Balaban J connectivity index is 2.75. The van der Waals surface area contributed by atoms with Gasteiger partial charge in [0.15, 0.2) is 0 Å². The van der Waals surface area contributed by atoms with Crippen LogP contribution in [0.4, 0.5) is 0 Å². The van der Waals surface area contributed by atoms with Crippen LogP contribution in [-0.2, 0) is 14.4 Å². The minimum absolute atomic E-state index is 0.0171. The molecular formula is C11H18N2O4. The minimum Gasteiger partial charge on any atom is -0.480 e. The number of likely N-dealkylation sites (tertiary alicyclic amines) is 1. The molecule has 6 nitrogen and oxygen atoms in total. The van der Waals surface area contributed by atoms with E-state index in [0.717, 1.165) is 6.42 Å². The molecule has 0 bridgehead atoms. The third-order valence-electron chi connectivity index (χ3n) is 2.95. The summed E-state index contributed by atoms with van der Waals surface area (Å²) in [6, 6.07) is -0.860. The summed E-state index contributed by atoms with van der Waals surface area (Å²) in [7, 11) is 0. The lowest BCUT2D eigenvalue weighted by Crippen LogP contribution is -2.49. The highest BCUT2D eigenvalue weighted by molar-refractivity contribution is 5.83. The van der Waals surface area contributed by atoms with Crippen molar-refractivity contribution in [3.05, 3.63) is 0 Å². The van der Waals surface area contributed by atoms with Gasteiger partial charge in [0.05, 0.1) is 6.67 Å².